The van der Waals surface area contributed by atoms with Crippen LogP contribution in [0.15, 0.2) is 30.3 Å². The standard InChI is InChI=1S/C14H14N2O3/c1-2-19-14(18)12-8-10-5-3-9(4-6-13(15)17)7-11(10)16-12/h3-8,16H,2H2,1H3,(H2,15,17). The molecule has 5 heteroatoms. The van der Waals surface area contributed by atoms with Crippen LogP contribution in [0.4, 0.5) is 0 Å². The molecule has 0 spiro atoms. The number of esters is 1. The Balaban J connectivity index is 2.33. The summed E-state index contributed by atoms with van der Waals surface area (Å²) >= 11 is 0. The first-order chi connectivity index (χ1) is 9.10. The molecule has 1 amide bonds. The maximum absolute atomic E-state index is 11.6. The van der Waals surface area contributed by atoms with Crippen molar-refractivity contribution in [3.8, 4) is 0 Å². The maximum atomic E-state index is 11.6. The van der Waals surface area contributed by atoms with E-state index in [1.807, 2.05) is 18.2 Å². The lowest BCUT2D eigenvalue weighted by molar-refractivity contribution is -0.113. The molecule has 0 aliphatic carbocycles. The fourth-order valence-corrected chi connectivity index (χ4v) is 1.75. The van der Waals surface area contributed by atoms with Crippen LogP contribution >= 0.6 is 0 Å². The first-order valence-electron chi connectivity index (χ1n) is 5.87. The number of ether oxygens (including phenoxy) is 1. The summed E-state index contributed by atoms with van der Waals surface area (Å²) in [5.74, 6) is -0.883. The second-order valence-electron chi connectivity index (χ2n) is 3.99. The predicted molar refractivity (Wildman–Crippen MR) is 72.5 cm³/mol. The highest BCUT2D eigenvalue weighted by Gasteiger charge is 2.09. The molecule has 2 rings (SSSR count). The molecule has 19 heavy (non-hydrogen) atoms. The normalized spacial score (nSPS) is 11.0. The molecule has 0 unspecified atom stereocenters. The number of nitrogens with one attached hydrogen (secondary N) is 1. The summed E-state index contributed by atoms with van der Waals surface area (Å²) in [7, 11) is 0. The van der Waals surface area contributed by atoms with E-state index in [-0.39, 0.29) is 5.97 Å². The second kappa shape index (κ2) is 5.39. The van der Waals surface area contributed by atoms with E-state index in [0.717, 1.165) is 16.5 Å². The fraction of sp³-hybridized carbons (Fsp3) is 0.143. The summed E-state index contributed by atoms with van der Waals surface area (Å²) < 4.78 is 4.92. The number of fused-ring (bicyclic) bond motifs is 1. The van der Waals surface area contributed by atoms with Gasteiger partial charge in [0.2, 0.25) is 5.91 Å². The number of hydrogen-bond acceptors (Lipinski definition) is 3. The molecule has 1 aromatic carbocycles. The number of aromatic nitrogens is 1. The summed E-state index contributed by atoms with van der Waals surface area (Å²) in [5, 5.41) is 0.902. The molecule has 0 aliphatic rings. The van der Waals surface area contributed by atoms with Crippen molar-refractivity contribution in [2.75, 3.05) is 6.61 Å². The van der Waals surface area contributed by atoms with E-state index in [1.165, 1.54) is 6.08 Å². The number of rotatable bonds is 4. The summed E-state index contributed by atoms with van der Waals surface area (Å²) in [6.07, 6.45) is 2.91. The molecular weight excluding hydrogens is 244 g/mol. The van der Waals surface area contributed by atoms with E-state index in [9.17, 15) is 9.59 Å². The van der Waals surface area contributed by atoms with Gasteiger partial charge in [0.1, 0.15) is 5.69 Å². The Bertz CT molecular complexity index is 656. The molecule has 0 fully saturated rings. The van der Waals surface area contributed by atoms with Gasteiger partial charge in [-0.2, -0.15) is 0 Å². The van der Waals surface area contributed by atoms with Gasteiger partial charge in [0.15, 0.2) is 0 Å². The number of amides is 1. The minimum absolute atomic E-state index is 0.334. The molecular formula is C14H14N2O3. The van der Waals surface area contributed by atoms with Gasteiger partial charge in [-0.3, -0.25) is 4.79 Å². The van der Waals surface area contributed by atoms with Crippen molar-refractivity contribution >= 4 is 28.9 Å². The third-order valence-corrected chi connectivity index (χ3v) is 2.58. The van der Waals surface area contributed by atoms with Crippen LogP contribution in [0, 0.1) is 0 Å². The average molecular weight is 258 g/mol. The van der Waals surface area contributed by atoms with Gasteiger partial charge >= 0.3 is 5.97 Å². The molecule has 5 nitrogen and oxygen atoms in total. The quantitative estimate of drug-likeness (QED) is 0.648. The first kappa shape index (κ1) is 12.9. The van der Waals surface area contributed by atoms with Gasteiger partial charge in [0, 0.05) is 17.0 Å². The van der Waals surface area contributed by atoms with Crippen LogP contribution in [-0.4, -0.2) is 23.5 Å². The van der Waals surface area contributed by atoms with E-state index >= 15 is 0 Å². The Morgan fingerprint density at radius 1 is 1.37 bits per heavy atom. The van der Waals surface area contributed by atoms with Crippen LogP contribution in [0.2, 0.25) is 0 Å². The topological polar surface area (TPSA) is 85.2 Å². The van der Waals surface area contributed by atoms with Gasteiger partial charge < -0.3 is 15.5 Å². The van der Waals surface area contributed by atoms with Crippen LogP contribution in [0.5, 0.6) is 0 Å². The highest BCUT2D eigenvalue weighted by Crippen LogP contribution is 2.18. The molecule has 0 saturated carbocycles. The van der Waals surface area contributed by atoms with Crippen LogP contribution < -0.4 is 5.73 Å². The first-order valence-corrected chi connectivity index (χ1v) is 5.87. The van der Waals surface area contributed by atoms with E-state index < -0.39 is 5.91 Å². The van der Waals surface area contributed by atoms with Crippen LogP contribution in [0.25, 0.3) is 17.0 Å². The summed E-state index contributed by atoms with van der Waals surface area (Å²) in [5.41, 5.74) is 7.07. The highest BCUT2D eigenvalue weighted by molar-refractivity contribution is 5.96. The minimum Gasteiger partial charge on any atom is -0.461 e. The third kappa shape index (κ3) is 3.01. The Morgan fingerprint density at radius 2 is 2.16 bits per heavy atom. The number of nitrogens with two attached hydrogens (primary N) is 1. The Kier molecular flexibility index (Phi) is 3.66. The average Bonchev–Trinajstić information content (AvgIpc) is 2.79. The van der Waals surface area contributed by atoms with Crippen molar-refractivity contribution in [3.63, 3.8) is 0 Å². The van der Waals surface area contributed by atoms with Gasteiger partial charge in [0.05, 0.1) is 6.61 Å². The lowest BCUT2D eigenvalue weighted by Gasteiger charge is -1.96. The molecule has 0 aliphatic heterocycles. The Hall–Kier alpha value is -2.56. The van der Waals surface area contributed by atoms with Crippen LogP contribution in [0.3, 0.4) is 0 Å². The molecule has 0 radical (unpaired) electrons. The van der Waals surface area contributed by atoms with Gasteiger partial charge in [0.25, 0.3) is 0 Å². The summed E-state index contributed by atoms with van der Waals surface area (Å²) in [4.78, 5) is 25.2. The number of primary amides is 1. The maximum Gasteiger partial charge on any atom is 0.354 e. The SMILES string of the molecule is CCOC(=O)c1cc2ccc(C=CC(N)=O)cc2[nH]1. The van der Waals surface area contributed by atoms with Crippen LogP contribution in [0.1, 0.15) is 23.0 Å². The lowest BCUT2D eigenvalue weighted by atomic mass is 10.1. The zero-order chi connectivity index (χ0) is 13.8. The number of H-pyrrole nitrogens is 1. The monoisotopic (exact) mass is 258 g/mol. The number of hydrogen-bond donors (Lipinski definition) is 2. The smallest absolute Gasteiger partial charge is 0.354 e. The van der Waals surface area contributed by atoms with Gasteiger partial charge in [-0.1, -0.05) is 12.1 Å². The van der Waals surface area contributed by atoms with Crippen molar-refractivity contribution in [2.24, 2.45) is 5.73 Å². The number of aromatic amines is 1. The second-order valence-corrected chi connectivity index (χ2v) is 3.99. The van der Waals surface area contributed by atoms with E-state index in [2.05, 4.69) is 4.98 Å². The van der Waals surface area contributed by atoms with Gasteiger partial charge in [-0.05, 0) is 30.7 Å². The Morgan fingerprint density at radius 3 is 2.84 bits per heavy atom. The van der Waals surface area contributed by atoms with Gasteiger partial charge in [-0.15, -0.1) is 0 Å². The van der Waals surface area contributed by atoms with Crippen molar-refractivity contribution in [1.82, 2.24) is 4.98 Å². The predicted octanol–water partition coefficient (Wildman–Crippen LogP) is 1.84. The van der Waals surface area contributed by atoms with Crippen molar-refractivity contribution < 1.29 is 14.3 Å². The zero-order valence-corrected chi connectivity index (χ0v) is 10.5. The summed E-state index contributed by atoms with van der Waals surface area (Å²) in [6.45, 7) is 2.09. The zero-order valence-electron chi connectivity index (χ0n) is 10.5. The molecule has 0 saturated heterocycles. The third-order valence-electron chi connectivity index (χ3n) is 2.58. The molecule has 1 heterocycles. The highest BCUT2D eigenvalue weighted by atomic mass is 16.5. The molecule has 0 bridgehead atoms. The molecule has 98 valence electrons. The molecule has 3 N–H and O–H groups in total. The molecule has 2 aromatic rings. The van der Waals surface area contributed by atoms with Gasteiger partial charge in [-0.25, -0.2) is 4.79 Å². The number of carbonyl (C=O) groups excluding carboxylic acids is 2. The number of carbonyl (C=O) groups is 2. The minimum atomic E-state index is -0.501. The fourth-order valence-electron chi connectivity index (χ4n) is 1.75. The van der Waals surface area contributed by atoms with E-state index in [4.69, 9.17) is 10.5 Å². The molecule has 0 atom stereocenters. The molecule has 1 aromatic heterocycles. The lowest BCUT2D eigenvalue weighted by Crippen LogP contribution is -2.05. The van der Waals surface area contributed by atoms with Crippen LogP contribution in [-0.2, 0) is 9.53 Å². The largest absolute Gasteiger partial charge is 0.461 e. The van der Waals surface area contributed by atoms with E-state index in [1.54, 1.807) is 19.1 Å². The van der Waals surface area contributed by atoms with Crippen molar-refractivity contribution in [3.05, 3.63) is 41.6 Å². The van der Waals surface area contributed by atoms with E-state index in [0.29, 0.717) is 12.3 Å². The van der Waals surface area contributed by atoms with Crippen molar-refractivity contribution in [2.45, 2.75) is 6.92 Å². The number of benzene rings is 1. The summed E-state index contributed by atoms with van der Waals surface area (Å²) in [6, 6.07) is 7.26. The van der Waals surface area contributed by atoms with Crippen molar-refractivity contribution in [1.29, 1.82) is 0 Å². The Labute approximate surface area is 110 Å².